The van der Waals surface area contributed by atoms with E-state index >= 15 is 0 Å². The molecule has 6 heteroatoms. The van der Waals surface area contributed by atoms with Crippen molar-refractivity contribution in [3.8, 4) is 5.69 Å². The number of imidazole rings is 1. The van der Waals surface area contributed by atoms with Crippen molar-refractivity contribution in [3.05, 3.63) is 66.5 Å². The third-order valence-corrected chi connectivity index (χ3v) is 5.32. The van der Waals surface area contributed by atoms with E-state index < -0.39 is 0 Å². The van der Waals surface area contributed by atoms with Gasteiger partial charge >= 0.3 is 0 Å². The molecule has 1 atom stereocenters. The number of fused-ring (bicyclic) bond motifs is 1. The minimum atomic E-state index is 0.480. The van der Waals surface area contributed by atoms with E-state index in [1.54, 1.807) is 0 Å². The summed E-state index contributed by atoms with van der Waals surface area (Å²) in [4.78, 5) is 7.40. The van der Waals surface area contributed by atoms with Crippen LogP contribution in [0.3, 0.4) is 0 Å². The Bertz CT molecular complexity index is 1020. The number of para-hydroxylation sites is 1. The lowest BCUT2D eigenvalue weighted by molar-refractivity contribution is 0.311. The van der Waals surface area contributed by atoms with Crippen LogP contribution in [-0.2, 0) is 0 Å². The Balaban J connectivity index is 0.00000117. The molecule has 2 aromatic carbocycles. The first kappa shape index (κ1) is 20.8. The Hall–Kier alpha value is -2.93. The summed E-state index contributed by atoms with van der Waals surface area (Å²) < 4.78 is 2.23. The minimum Gasteiger partial charge on any atom is -0.367 e. The molecule has 1 aliphatic heterocycles. The van der Waals surface area contributed by atoms with Crippen molar-refractivity contribution in [2.24, 2.45) is 5.90 Å². The van der Waals surface area contributed by atoms with Gasteiger partial charge in [0.05, 0.1) is 16.9 Å². The van der Waals surface area contributed by atoms with Gasteiger partial charge in [-0.15, -0.1) is 0 Å². The monoisotopic (exact) mass is 391 g/mol. The van der Waals surface area contributed by atoms with E-state index in [4.69, 9.17) is 10.2 Å². The number of aromatic nitrogens is 2. The SMILES string of the molecule is C=Cc1cccc(-n2c(C)nc3c(N4CCN[C@H](C)C4)cccc32)c1C=C.NO. The second kappa shape index (κ2) is 9.05. The fourth-order valence-electron chi connectivity index (χ4n) is 4.08. The van der Waals surface area contributed by atoms with Crippen LogP contribution in [0.25, 0.3) is 28.9 Å². The van der Waals surface area contributed by atoms with Gasteiger partial charge in [0, 0.05) is 31.2 Å². The molecular weight excluding hydrogens is 362 g/mol. The van der Waals surface area contributed by atoms with Crippen LogP contribution in [-0.4, -0.2) is 40.4 Å². The number of hydrogen-bond donors (Lipinski definition) is 3. The first-order valence-corrected chi connectivity index (χ1v) is 9.74. The van der Waals surface area contributed by atoms with Crippen LogP contribution in [0, 0.1) is 6.92 Å². The zero-order valence-electron chi connectivity index (χ0n) is 17.1. The molecule has 2 heterocycles. The predicted molar refractivity (Wildman–Crippen MR) is 122 cm³/mol. The molecule has 29 heavy (non-hydrogen) atoms. The molecule has 1 aliphatic rings. The van der Waals surface area contributed by atoms with Gasteiger partial charge in [0.1, 0.15) is 11.3 Å². The average molecular weight is 392 g/mol. The number of benzene rings is 2. The number of aryl methyl sites for hydroxylation is 1. The average Bonchev–Trinajstić information content (AvgIpc) is 3.10. The van der Waals surface area contributed by atoms with Crippen molar-refractivity contribution in [3.63, 3.8) is 0 Å². The van der Waals surface area contributed by atoms with Crippen molar-refractivity contribution >= 4 is 28.9 Å². The Kier molecular flexibility index (Phi) is 6.49. The molecule has 1 saturated heterocycles. The van der Waals surface area contributed by atoms with Gasteiger partial charge in [-0.3, -0.25) is 4.57 Å². The summed E-state index contributed by atoms with van der Waals surface area (Å²) in [5.74, 6) is 4.48. The van der Waals surface area contributed by atoms with Crippen molar-refractivity contribution in [1.82, 2.24) is 14.9 Å². The van der Waals surface area contributed by atoms with Gasteiger partial charge in [-0.25, -0.2) is 10.9 Å². The molecule has 0 amide bonds. The molecule has 4 N–H and O–H groups in total. The van der Waals surface area contributed by atoms with E-state index in [2.05, 4.69) is 84.1 Å². The van der Waals surface area contributed by atoms with E-state index in [9.17, 15) is 0 Å². The standard InChI is InChI=1S/C23H26N4.H3NO/c1-5-18-9-7-10-20(19(18)6-2)27-17(4)25-23-21(11-8-12-22(23)27)26-14-13-24-16(3)15-26;1-2/h5-12,16,24H,1-2,13-15H2,3-4H3;2H,1H2/t16-;/m1./s1. The summed E-state index contributed by atoms with van der Waals surface area (Å²) >= 11 is 0. The molecule has 4 rings (SSSR count). The van der Waals surface area contributed by atoms with Crippen LogP contribution in [0.1, 0.15) is 23.9 Å². The molecule has 0 saturated carbocycles. The highest BCUT2D eigenvalue weighted by Gasteiger charge is 2.21. The van der Waals surface area contributed by atoms with Crippen molar-refractivity contribution < 1.29 is 5.21 Å². The summed E-state index contributed by atoms with van der Waals surface area (Å²) in [6.45, 7) is 15.3. The highest BCUT2D eigenvalue weighted by Crippen LogP contribution is 2.32. The fraction of sp³-hybridized carbons (Fsp3) is 0.261. The third kappa shape index (κ3) is 3.82. The maximum atomic E-state index is 6.50. The van der Waals surface area contributed by atoms with E-state index in [0.717, 1.165) is 53.3 Å². The quantitative estimate of drug-likeness (QED) is 0.590. The molecular formula is C23H29N5O. The van der Waals surface area contributed by atoms with E-state index in [1.165, 1.54) is 5.69 Å². The molecule has 6 nitrogen and oxygen atoms in total. The van der Waals surface area contributed by atoms with E-state index in [1.807, 2.05) is 12.2 Å². The Morgan fingerprint density at radius 3 is 2.55 bits per heavy atom. The molecule has 0 bridgehead atoms. The van der Waals surface area contributed by atoms with Crippen molar-refractivity contribution in [2.45, 2.75) is 19.9 Å². The Morgan fingerprint density at radius 2 is 1.86 bits per heavy atom. The van der Waals surface area contributed by atoms with E-state index in [-0.39, 0.29) is 0 Å². The lowest BCUT2D eigenvalue weighted by Crippen LogP contribution is -2.49. The van der Waals surface area contributed by atoms with E-state index in [0.29, 0.717) is 6.04 Å². The molecule has 3 aromatic rings. The lowest BCUT2D eigenvalue weighted by Gasteiger charge is -2.33. The highest BCUT2D eigenvalue weighted by atomic mass is 16.4. The molecule has 0 unspecified atom stereocenters. The highest BCUT2D eigenvalue weighted by molar-refractivity contribution is 5.91. The summed E-state index contributed by atoms with van der Waals surface area (Å²) in [7, 11) is 0. The van der Waals surface area contributed by atoms with Crippen LogP contribution in [0.4, 0.5) is 5.69 Å². The third-order valence-electron chi connectivity index (χ3n) is 5.32. The molecule has 1 fully saturated rings. The summed E-state index contributed by atoms with van der Waals surface area (Å²) in [5.41, 5.74) is 6.64. The van der Waals surface area contributed by atoms with Crippen molar-refractivity contribution in [2.75, 3.05) is 24.5 Å². The maximum absolute atomic E-state index is 6.50. The maximum Gasteiger partial charge on any atom is 0.112 e. The van der Waals surface area contributed by atoms with Gasteiger partial charge < -0.3 is 15.4 Å². The molecule has 1 aromatic heterocycles. The minimum absolute atomic E-state index is 0.480. The molecule has 152 valence electrons. The normalized spacial score (nSPS) is 16.3. The number of piperazine rings is 1. The predicted octanol–water partition coefficient (Wildman–Crippen LogP) is 3.75. The van der Waals surface area contributed by atoms with Gasteiger partial charge in [0.2, 0.25) is 0 Å². The number of anilines is 1. The summed E-state index contributed by atoms with van der Waals surface area (Å²) in [6.07, 6.45) is 3.78. The second-order valence-electron chi connectivity index (χ2n) is 7.13. The van der Waals surface area contributed by atoms with Gasteiger partial charge in [0.15, 0.2) is 0 Å². The van der Waals surface area contributed by atoms with Crippen molar-refractivity contribution in [1.29, 1.82) is 0 Å². The Labute approximate surface area is 171 Å². The smallest absolute Gasteiger partial charge is 0.112 e. The second-order valence-corrected chi connectivity index (χ2v) is 7.13. The van der Waals surface area contributed by atoms with Crippen LogP contribution >= 0.6 is 0 Å². The molecule has 0 aliphatic carbocycles. The molecule has 0 radical (unpaired) electrons. The van der Waals surface area contributed by atoms with Gasteiger partial charge in [-0.05, 0) is 37.6 Å². The van der Waals surface area contributed by atoms with Crippen LogP contribution in [0.5, 0.6) is 0 Å². The van der Waals surface area contributed by atoms with Gasteiger partial charge in [-0.2, -0.15) is 0 Å². The van der Waals surface area contributed by atoms with Crippen LogP contribution < -0.4 is 16.1 Å². The number of hydrogen-bond acceptors (Lipinski definition) is 5. The largest absolute Gasteiger partial charge is 0.367 e. The zero-order chi connectivity index (χ0) is 21.0. The summed E-state index contributed by atoms with van der Waals surface area (Å²) in [5, 5.41) is 10.0. The van der Waals surface area contributed by atoms with Crippen LogP contribution in [0.15, 0.2) is 49.6 Å². The van der Waals surface area contributed by atoms with Gasteiger partial charge in [-0.1, -0.05) is 43.5 Å². The number of nitrogens with one attached hydrogen (secondary N) is 1. The first-order valence-electron chi connectivity index (χ1n) is 9.74. The topological polar surface area (TPSA) is 79.3 Å². The number of nitrogens with zero attached hydrogens (tertiary/aromatic N) is 3. The Morgan fingerprint density at radius 1 is 1.14 bits per heavy atom. The number of rotatable bonds is 4. The first-order chi connectivity index (χ1) is 14.1. The summed E-state index contributed by atoms with van der Waals surface area (Å²) in [6, 6.07) is 13.2. The van der Waals surface area contributed by atoms with Gasteiger partial charge in [0.25, 0.3) is 0 Å². The molecule has 0 spiro atoms. The zero-order valence-corrected chi connectivity index (χ0v) is 17.1. The lowest BCUT2D eigenvalue weighted by atomic mass is 10.0. The fourth-order valence-corrected chi connectivity index (χ4v) is 4.08. The van der Waals surface area contributed by atoms with Crippen LogP contribution in [0.2, 0.25) is 0 Å². The number of nitrogens with two attached hydrogens (primary N) is 1.